The number of carbonyl (C=O) groups excluding carboxylic acids is 4. The van der Waals surface area contributed by atoms with Crippen LogP contribution in [0.4, 0.5) is 4.79 Å². The number of hydrogen-bond donors (Lipinski definition) is 2. The van der Waals surface area contributed by atoms with Crippen LogP contribution in [0.25, 0.3) is 0 Å². The van der Waals surface area contributed by atoms with Crippen LogP contribution in [0.1, 0.15) is 75.3 Å². The lowest BCUT2D eigenvalue weighted by Gasteiger charge is -2.26. The van der Waals surface area contributed by atoms with Crippen LogP contribution in [0, 0.1) is 5.92 Å². The van der Waals surface area contributed by atoms with Crippen LogP contribution < -0.4 is 10.0 Å². The molecule has 2 aliphatic carbocycles. The van der Waals surface area contributed by atoms with E-state index >= 15 is 0 Å². The van der Waals surface area contributed by atoms with Gasteiger partial charge in [-0.15, -0.1) is 0 Å². The monoisotopic (exact) mass is 598 g/mol. The minimum absolute atomic E-state index is 0.0854. The van der Waals surface area contributed by atoms with Crippen LogP contribution in [-0.2, 0) is 42.2 Å². The van der Waals surface area contributed by atoms with E-state index in [9.17, 15) is 27.6 Å². The fraction of sp³-hybridized carbons (Fsp3) is 0.600. The van der Waals surface area contributed by atoms with Crippen molar-refractivity contribution in [3.05, 3.63) is 47.5 Å². The molecule has 226 valence electrons. The fourth-order valence-corrected chi connectivity index (χ4v) is 7.71. The van der Waals surface area contributed by atoms with Crippen LogP contribution in [0.3, 0.4) is 0 Å². The van der Waals surface area contributed by atoms with E-state index in [4.69, 9.17) is 4.74 Å². The van der Waals surface area contributed by atoms with Gasteiger partial charge in [-0.2, -0.15) is 0 Å². The molecule has 6 rings (SSSR count). The van der Waals surface area contributed by atoms with E-state index in [1.165, 1.54) is 4.90 Å². The number of fused-ring (bicyclic) bond motifs is 3. The molecule has 2 saturated carbocycles. The molecule has 0 bridgehead atoms. The highest BCUT2D eigenvalue weighted by atomic mass is 32.2. The Balaban J connectivity index is 1.18. The minimum atomic E-state index is -3.81. The van der Waals surface area contributed by atoms with Gasteiger partial charge in [-0.05, 0) is 49.7 Å². The summed E-state index contributed by atoms with van der Waals surface area (Å²) in [6.07, 6.45) is 8.62. The average molecular weight is 599 g/mol. The molecule has 0 aromatic heterocycles. The smallest absolute Gasteiger partial charge is 0.410 e. The molecule has 4 amide bonds. The number of hydrogen-bond acceptors (Lipinski definition) is 7. The highest BCUT2D eigenvalue weighted by molar-refractivity contribution is 7.91. The van der Waals surface area contributed by atoms with Crippen molar-refractivity contribution in [2.75, 3.05) is 6.54 Å². The molecular formula is C30H38N4O7S. The zero-order valence-electron chi connectivity index (χ0n) is 23.6. The highest BCUT2D eigenvalue weighted by Gasteiger charge is 2.62. The van der Waals surface area contributed by atoms with E-state index in [0.29, 0.717) is 32.4 Å². The number of allylic oxidation sites excluding steroid dienone is 1. The van der Waals surface area contributed by atoms with E-state index in [1.54, 1.807) is 4.90 Å². The van der Waals surface area contributed by atoms with Crippen LogP contribution in [0.2, 0.25) is 0 Å². The quantitative estimate of drug-likeness (QED) is 0.507. The van der Waals surface area contributed by atoms with E-state index in [-0.39, 0.29) is 37.6 Å². The third kappa shape index (κ3) is 5.91. The molecule has 2 N–H and O–H groups in total. The van der Waals surface area contributed by atoms with Crippen molar-refractivity contribution < 1.29 is 32.3 Å². The number of carbonyl (C=O) groups is 4. The summed E-state index contributed by atoms with van der Waals surface area (Å²) in [5, 5.41) is 2.26. The van der Waals surface area contributed by atoms with Gasteiger partial charge in [0.2, 0.25) is 21.8 Å². The lowest BCUT2D eigenvalue weighted by atomic mass is 10.1. The van der Waals surface area contributed by atoms with Crippen LogP contribution in [-0.4, -0.2) is 71.5 Å². The molecule has 1 aromatic carbocycles. The van der Waals surface area contributed by atoms with Gasteiger partial charge in [-0.1, -0.05) is 49.3 Å². The number of rotatable bonds is 4. The van der Waals surface area contributed by atoms with Crippen LogP contribution in [0.5, 0.6) is 0 Å². The summed E-state index contributed by atoms with van der Waals surface area (Å²) < 4.78 is 33.2. The van der Waals surface area contributed by atoms with Gasteiger partial charge in [0.15, 0.2) is 0 Å². The van der Waals surface area contributed by atoms with Gasteiger partial charge in [0.05, 0.1) is 11.8 Å². The molecule has 11 nitrogen and oxygen atoms in total. The molecule has 3 heterocycles. The molecule has 4 atom stereocenters. The Kier molecular flexibility index (Phi) is 7.75. The van der Waals surface area contributed by atoms with Gasteiger partial charge in [-0.3, -0.25) is 24.0 Å². The first-order valence-corrected chi connectivity index (χ1v) is 16.6. The molecule has 3 fully saturated rings. The van der Waals surface area contributed by atoms with Crippen molar-refractivity contribution in [3.63, 3.8) is 0 Å². The summed E-state index contributed by atoms with van der Waals surface area (Å²) in [5.41, 5.74) is 0.715. The summed E-state index contributed by atoms with van der Waals surface area (Å²) in [4.78, 5) is 56.6. The normalized spacial score (nSPS) is 30.6. The van der Waals surface area contributed by atoms with Gasteiger partial charge >= 0.3 is 6.09 Å². The standard InChI is InChI=1S/C30H38N4O7S/c35-26-12-6-4-2-1-3-5-11-22-16-30(22,28(37)32-42(39,40)24-13-14-24)31-27(36)25-15-23(19-34(25)26)41-29(38)33-17-20-9-7-8-10-21(20)18-33/h5,7-11,22-25H,1-4,6,12-19H2,(H,31,36)(H,32,37)/b11-5-. The van der Waals surface area contributed by atoms with E-state index in [2.05, 4.69) is 10.0 Å². The maximum atomic E-state index is 13.8. The van der Waals surface area contributed by atoms with Crippen LogP contribution in [0.15, 0.2) is 36.4 Å². The van der Waals surface area contributed by atoms with Crippen molar-refractivity contribution in [1.29, 1.82) is 0 Å². The maximum Gasteiger partial charge on any atom is 0.410 e. The summed E-state index contributed by atoms with van der Waals surface area (Å²) >= 11 is 0. The molecule has 4 unspecified atom stereocenters. The number of nitrogens with one attached hydrogen (secondary N) is 2. The molecule has 5 aliphatic rings. The number of nitrogens with zero attached hydrogens (tertiary/aromatic N) is 2. The van der Waals surface area contributed by atoms with Gasteiger partial charge in [0, 0.05) is 31.8 Å². The van der Waals surface area contributed by atoms with E-state index in [0.717, 1.165) is 36.8 Å². The fourth-order valence-electron chi connectivity index (χ4n) is 6.35. The third-order valence-corrected chi connectivity index (χ3v) is 10.9. The Morgan fingerprint density at radius 3 is 2.45 bits per heavy atom. The average Bonchev–Trinajstić information content (AvgIpc) is 3.84. The molecular weight excluding hydrogens is 560 g/mol. The number of sulfonamides is 1. The Hall–Kier alpha value is -3.41. The lowest BCUT2D eigenvalue weighted by molar-refractivity contribution is -0.139. The minimum Gasteiger partial charge on any atom is -0.444 e. The SMILES string of the molecule is O=C1NC2(C(=O)NS(=O)(=O)C3CC3)CC2/C=C\CCCCCCC(=O)N2CC(OC(=O)N3Cc4ccccc4C3)CC12. The van der Waals surface area contributed by atoms with Gasteiger partial charge in [0.25, 0.3) is 5.91 Å². The molecule has 1 aromatic rings. The van der Waals surface area contributed by atoms with Crippen molar-refractivity contribution in [1.82, 2.24) is 19.8 Å². The lowest BCUT2D eigenvalue weighted by Crippen LogP contribution is -2.56. The molecule has 42 heavy (non-hydrogen) atoms. The second-order valence-electron chi connectivity index (χ2n) is 12.3. The summed E-state index contributed by atoms with van der Waals surface area (Å²) in [7, 11) is -3.81. The predicted octanol–water partition coefficient (Wildman–Crippen LogP) is 2.50. The van der Waals surface area contributed by atoms with E-state index < -0.39 is 50.9 Å². The Bertz CT molecular complexity index is 1380. The number of ether oxygens (including phenoxy) is 1. The number of benzene rings is 1. The topological polar surface area (TPSA) is 142 Å². The second-order valence-corrected chi connectivity index (χ2v) is 14.2. The third-order valence-electron chi connectivity index (χ3n) is 9.10. The molecule has 1 saturated heterocycles. The second kappa shape index (κ2) is 11.3. The maximum absolute atomic E-state index is 13.8. The Morgan fingerprint density at radius 1 is 1.02 bits per heavy atom. The molecule has 0 radical (unpaired) electrons. The summed E-state index contributed by atoms with van der Waals surface area (Å²) in [6, 6.07) is 6.86. The van der Waals surface area contributed by atoms with Crippen molar-refractivity contribution in [2.45, 2.75) is 100 Å². The molecule has 3 aliphatic heterocycles. The van der Waals surface area contributed by atoms with Crippen molar-refractivity contribution >= 4 is 33.8 Å². The first kappa shape index (κ1) is 28.7. The van der Waals surface area contributed by atoms with Gasteiger partial charge in [0.1, 0.15) is 17.7 Å². The van der Waals surface area contributed by atoms with Gasteiger partial charge in [-0.25, -0.2) is 13.2 Å². The largest absolute Gasteiger partial charge is 0.444 e. The predicted molar refractivity (Wildman–Crippen MR) is 152 cm³/mol. The number of amides is 4. The zero-order chi connectivity index (χ0) is 29.5. The Labute approximate surface area is 246 Å². The summed E-state index contributed by atoms with van der Waals surface area (Å²) in [6.45, 7) is 0.956. The summed E-state index contributed by atoms with van der Waals surface area (Å²) in [5.74, 6) is -1.83. The van der Waals surface area contributed by atoms with Crippen molar-refractivity contribution in [2.24, 2.45) is 5.92 Å². The zero-order valence-corrected chi connectivity index (χ0v) is 24.4. The highest BCUT2D eigenvalue weighted by Crippen LogP contribution is 2.46. The van der Waals surface area contributed by atoms with Gasteiger partial charge < -0.3 is 15.0 Å². The first-order valence-electron chi connectivity index (χ1n) is 15.0. The van der Waals surface area contributed by atoms with E-state index in [1.807, 2.05) is 36.4 Å². The first-order chi connectivity index (χ1) is 20.2. The van der Waals surface area contributed by atoms with Crippen molar-refractivity contribution in [3.8, 4) is 0 Å². The van der Waals surface area contributed by atoms with Crippen LogP contribution >= 0.6 is 0 Å². The molecule has 0 spiro atoms. The Morgan fingerprint density at radius 2 is 1.74 bits per heavy atom. The molecule has 12 heteroatoms.